The van der Waals surface area contributed by atoms with Gasteiger partial charge in [-0.25, -0.2) is 9.18 Å². The lowest BCUT2D eigenvalue weighted by atomic mass is 10.2. The Morgan fingerprint density at radius 3 is 2.70 bits per heavy atom. The van der Waals surface area contributed by atoms with Crippen molar-refractivity contribution in [2.24, 2.45) is 0 Å². The molecule has 0 aliphatic carbocycles. The van der Waals surface area contributed by atoms with Crippen LogP contribution >= 0.6 is 12.2 Å². The van der Waals surface area contributed by atoms with Gasteiger partial charge in [0.2, 0.25) is 0 Å². The van der Waals surface area contributed by atoms with Gasteiger partial charge in [-0.3, -0.25) is 0 Å². The van der Waals surface area contributed by atoms with Crippen molar-refractivity contribution in [2.45, 2.75) is 13.8 Å². The van der Waals surface area contributed by atoms with E-state index in [1.165, 1.54) is 6.07 Å². The first-order valence-electron chi connectivity index (χ1n) is 7.11. The maximum Gasteiger partial charge on any atom is 0.338 e. The molecule has 0 aliphatic heterocycles. The number of esters is 1. The molecule has 6 heteroatoms. The summed E-state index contributed by atoms with van der Waals surface area (Å²) < 4.78 is 18.7. The number of halogens is 1. The highest BCUT2D eigenvalue weighted by atomic mass is 32.1. The molecule has 120 valence electrons. The molecule has 0 radical (unpaired) electrons. The number of carbonyl (C=O) groups is 1. The summed E-state index contributed by atoms with van der Waals surface area (Å²) in [5, 5.41) is 5.93. The van der Waals surface area contributed by atoms with Gasteiger partial charge in [-0.15, -0.1) is 0 Å². The monoisotopic (exact) mass is 332 g/mol. The van der Waals surface area contributed by atoms with Crippen molar-refractivity contribution in [1.82, 2.24) is 0 Å². The molecular formula is C17H17FN2O2S. The Labute approximate surface area is 139 Å². The summed E-state index contributed by atoms with van der Waals surface area (Å²) in [6.07, 6.45) is 0. The van der Waals surface area contributed by atoms with Gasteiger partial charge in [-0.05, 0) is 62.0 Å². The second kappa shape index (κ2) is 7.69. The highest BCUT2D eigenvalue weighted by Crippen LogP contribution is 2.17. The number of thiocarbonyl (C=S) groups is 1. The first kappa shape index (κ1) is 16.9. The lowest BCUT2D eigenvalue weighted by Gasteiger charge is -2.12. The molecule has 0 spiro atoms. The van der Waals surface area contributed by atoms with Crippen LogP contribution in [0.25, 0.3) is 0 Å². The lowest BCUT2D eigenvalue weighted by molar-refractivity contribution is 0.0526. The molecule has 0 bridgehead atoms. The van der Waals surface area contributed by atoms with E-state index in [4.69, 9.17) is 17.0 Å². The molecule has 0 atom stereocenters. The van der Waals surface area contributed by atoms with Gasteiger partial charge in [0.05, 0.1) is 17.9 Å². The molecule has 0 amide bonds. The van der Waals surface area contributed by atoms with Crippen molar-refractivity contribution in [3.05, 3.63) is 59.4 Å². The summed E-state index contributed by atoms with van der Waals surface area (Å²) in [4.78, 5) is 11.7. The van der Waals surface area contributed by atoms with Gasteiger partial charge in [-0.2, -0.15) is 0 Å². The van der Waals surface area contributed by atoms with Gasteiger partial charge >= 0.3 is 5.97 Å². The molecule has 0 fully saturated rings. The number of carbonyl (C=O) groups excluding carboxylic acids is 1. The Bertz CT molecular complexity index is 734. The third kappa shape index (κ3) is 4.75. The molecule has 0 saturated heterocycles. The zero-order chi connectivity index (χ0) is 16.8. The fourth-order valence-electron chi connectivity index (χ4n) is 1.94. The van der Waals surface area contributed by atoms with Gasteiger partial charge < -0.3 is 15.4 Å². The van der Waals surface area contributed by atoms with E-state index in [9.17, 15) is 9.18 Å². The first-order valence-corrected chi connectivity index (χ1v) is 7.51. The summed E-state index contributed by atoms with van der Waals surface area (Å²) in [6, 6.07) is 11.6. The van der Waals surface area contributed by atoms with Crippen molar-refractivity contribution in [3.63, 3.8) is 0 Å². The normalized spacial score (nSPS) is 10.0. The number of benzene rings is 2. The number of hydrogen-bond acceptors (Lipinski definition) is 3. The Balaban J connectivity index is 2.05. The van der Waals surface area contributed by atoms with E-state index in [0.717, 1.165) is 5.56 Å². The molecule has 0 aliphatic rings. The van der Waals surface area contributed by atoms with Crippen LogP contribution < -0.4 is 10.6 Å². The van der Waals surface area contributed by atoms with Crippen LogP contribution in [0.1, 0.15) is 22.8 Å². The van der Waals surface area contributed by atoms with Crippen LogP contribution in [0.5, 0.6) is 0 Å². The van der Waals surface area contributed by atoms with Gasteiger partial charge in [0, 0.05) is 5.69 Å². The smallest absolute Gasteiger partial charge is 0.338 e. The van der Waals surface area contributed by atoms with E-state index in [1.807, 2.05) is 6.92 Å². The predicted octanol–water partition coefficient (Wildman–Crippen LogP) is 4.12. The second-order valence-corrected chi connectivity index (χ2v) is 5.27. The minimum Gasteiger partial charge on any atom is -0.462 e. The highest BCUT2D eigenvalue weighted by molar-refractivity contribution is 7.80. The summed E-state index contributed by atoms with van der Waals surface area (Å²) in [7, 11) is 0. The number of nitrogens with one attached hydrogen (secondary N) is 2. The summed E-state index contributed by atoms with van der Waals surface area (Å²) in [5.74, 6) is -0.783. The Morgan fingerprint density at radius 2 is 2.00 bits per heavy atom. The SMILES string of the molecule is CCOC(=O)c1cccc(NC(=S)Nc2ccc(C)cc2F)c1. The minimum atomic E-state index is -0.403. The third-order valence-electron chi connectivity index (χ3n) is 3.00. The van der Waals surface area contributed by atoms with Gasteiger partial charge in [0.15, 0.2) is 5.11 Å². The zero-order valence-corrected chi connectivity index (χ0v) is 13.7. The fraction of sp³-hybridized carbons (Fsp3) is 0.176. The number of rotatable bonds is 4. The number of ether oxygens (including phenoxy) is 1. The summed E-state index contributed by atoms with van der Waals surface area (Å²) in [6.45, 7) is 3.86. The molecule has 2 rings (SSSR count). The Hall–Kier alpha value is -2.47. The third-order valence-corrected chi connectivity index (χ3v) is 3.21. The molecule has 2 aromatic carbocycles. The van der Waals surface area contributed by atoms with Crippen LogP contribution in [0.15, 0.2) is 42.5 Å². The first-order chi connectivity index (χ1) is 11.0. The van der Waals surface area contributed by atoms with Crippen molar-refractivity contribution < 1.29 is 13.9 Å². The molecule has 0 saturated carbocycles. The Kier molecular flexibility index (Phi) is 5.65. The molecule has 0 unspecified atom stereocenters. The van der Waals surface area contributed by atoms with E-state index in [1.54, 1.807) is 43.3 Å². The average Bonchev–Trinajstić information content (AvgIpc) is 2.50. The molecule has 2 aromatic rings. The molecular weight excluding hydrogens is 315 g/mol. The van der Waals surface area contributed by atoms with Crippen LogP contribution in [0.4, 0.5) is 15.8 Å². The molecule has 2 N–H and O–H groups in total. The largest absolute Gasteiger partial charge is 0.462 e. The van der Waals surface area contributed by atoms with Crippen LogP contribution in [0, 0.1) is 12.7 Å². The van der Waals surface area contributed by atoms with E-state index in [2.05, 4.69) is 10.6 Å². The van der Waals surface area contributed by atoms with Gasteiger partial charge in [-0.1, -0.05) is 12.1 Å². The average molecular weight is 332 g/mol. The predicted molar refractivity (Wildman–Crippen MR) is 93.4 cm³/mol. The number of aryl methyl sites for hydroxylation is 1. The van der Waals surface area contributed by atoms with Crippen LogP contribution in [-0.2, 0) is 4.74 Å². The van der Waals surface area contributed by atoms with Gasteiger partial charge in [0.25, 0.3) is 0 Å². The molecule has 0 aromatic heterocycles. The van der Waals surface area contributed by atoms with E-state index in [0.29, 0.717) is 17.9 Å². The molecule has 4 nitrogen and oxygen atoms in total. The Morgan fingerprint density at radius 1 is 1.22 bits per heavy atom. The molecule has 0 heterocycles. The van der Waals surface area contributed by atoms with Crippen molar-refractivity contribution in [2.75, 3.05) is 17.2 Å². The van der Waals surface area contributed by atoms with Crippen molar-refractivity contribution >= 4 is 34.7 Å². The lowest BCUT2D eigenvalue weighted by Crippen LogP contribution is -2.20. The van der Waals surface area contributed by atoms with Crippen molar-refractivity contribution in [1.29, 1.82) is 0 Å². The van der Waals surface area contributed by atoms with Crippen molar-refractivity contribution in [3.8, 4) is 0 Å². The van der Waals surface area contributed by atoms with Gasteiger partial charge in [0.1, 0.15) is 5.82 Å². The van der Waals surface area contributed by atoms with E-state index < -0.39 is 5.97 Å². The zero-order valence-electron chi connectivity index (χ0n) is 12.9. The topological polar surface area (TPSA) is 50.4 Å². The van der Waals surface area contributed by atoms with Crippen LogP contribution in [0.3, 0.4) is 0 Å². The summed E-state index contributed by atoms with van der Waals surface area (Å²) in [5.41, 5.74) is 2.14. The van der Waals surface area contributed by atoms with E-state index in [-0.39, 0.29) is 16.6 Å². The van der Waals surface area contributed by atoms with Crippen LogP contribution in [-0.4, -0.2) is 17.7 Å². The fourth-order valence-corrected chi connectivity index (χ4v) is 2.17. The van der Waals surface area contributed by atoms with Crippen LogP contribution in [0.2, 0.25) is 0 Å². The maximum atomic E-state index is 13.8. The standard InChI is InChI=1S/C17H17FN2O2S/c1-3-22-16(21)12-5-4-6-13(10-12)19-17(23)20-15-8-7-11(2)9-14(15)18/h4-10H,3H2,1-2H3,(H2,19,20,23). The molecule has 23 heavy (non-hydrogen) atoms. The summed E-state index contributed by atoms with van der Waals surface area (Å²) >= 11 is 5.17. The highest BCUT2D eigenvalue weighted by Gasteiger charge is 2.08. The minimum absolute atomic E-state index is 0.230. The van der Waals surface area contributed by atoms with E-state index >= 15 is 0 Å². The number of anilines is 2. The second-order valence-electron chi connectivity index (χ2n) is 4.86. The number of hydrogen-bond donors (Lipinski definition) is 2. The maximum absolute atomic E-state index is 13.8. The quantitative estimate of drug-likeness (QED) is 0.651.